The van der Waals surface area contributed by atoms with Crippen molar-refractivity contribution in [3.8, 4) is 5.75 Å². The van der Waals surface area contributed by atoms with E-state index in [4.69, 9.17) is 4.74 Å². The van der Waals surface area contributed by atoms with Crippen molar-refractivity contribution in [2.75, 3.05) is 18.4 Å². The number of benzene rings is 2. The summed E-state index contributed by atoms with van der Waals surface area (Å²) in [6.07, 6.45) is 6.00. The van der Waals surface area contributed by atoms with Crippen LogP contribution in [-0.2, 0) is 6.61 Å². The van der Waals surface area contributed by atoms with E-state index in [-0.39, 0.29) is 11.8 Å². The van der Waals surface area contributed by atoms with Crippen molar-refractivity contribution < 1.29 is 14.3 Å². The Balaban J connectivity index is 1.23. The number of hydrogen-bond donors (Lipinski definition) is 1. The molecule has 1 aliphatic heterocycles. The number of hydrogen-bond acceptors (Lipinski definition) is 4. The number of anilines is 1. The molecule has 4 aromatic rings. The van der Waals surface area contributed by atoms with E-state index >= 15 is 0 Å². The molecular weight excluding hydrogens is 440 g/mol. The van der Waals surface area contributed by atoms with Gasteiger partial charge in [-0.15, -0.1) is 0 Å². The third-order valence-electron chi connectivity index (χ3n) is 6.44. The molecule has 0 radical (unpaired) electrons. The van der Waals surface area contributed by atoms with E-state index in [1.54, 1.807) is 24.3 Å². The Morgan fingerprint density at radius 2 is 1.77 bits per heavy atom. The van der Waals surface area contributed by atoms with Gasteiger partial charge in [0.05, 0.1) is 5.69 Å². The molecule has 0 aliphatic carbocycles. The SMILES string of the molecule is Cc1c(NC(=O)c2ccc(OCc3cn4cccc(C)c4n3)cc2)cccc1C(=O)N1CCCC1. The quantitative estimate of drug-likeness (QED) is 0.431. The minimum atomic E-state index is -0.235. The molecule has 178 valence electrons. The van der Waals surface area contributed by atoms with Crippen molar-refractivity contribution in [3.05, 3.63) is 94.9 Å². The average molecular weight is 469 g/mol. The lowest BCUT2D eigenvalue weighted by atomic mass is 10.0. The highest BCUT2D eigenvalue weighted by Gasteiger charge is 2.22. The molecule has 0 spiro atoms. The van der Waals surface area contributed by atoms with Gasteiger partial charge < -0.3 is 19.4 Å². The maximum Gasteiger partial charge on any atom is 0.255 e. The standard InChI is InChI=1S/C28H28N4O3/c1-19-7-6-16-32-17-22(29-26(19)32)18-35-23-12-10-21(11-13-23)27(33)30-25-9-5-8-24(20(25)2)28(34)31-14-3-4-15-31/h5-13,16-17H,3-4,14-15,18H2,1-2H3,(H,30,33). The van der Waals surface area contributed by atoms with Gasteiger partial charge in [0.1, 0.15) is 18.0 Å². The highest BCUT2D eigenvalue weighted by molar-refractivity contribution is 6.06. The fraction of sp³-hybridized carbons (Fsp3) is 0.250. The topological polar surface area (TPSA) is 75.9 Å². The van der Waals surface area contributed by atoms with Crippen LogP contribution in [0, 0.1) is 13.8 Å². The maximum absolute atomic E-state index is 12.9. The van der Waals surface area contributed by atoms with E-state index in [0.29, 0.717) is 29.2 Å². The predicted octanol–water partition coefficient (Wildman–Crippen LogP) is 5.02. The van der Waals surface area contributed by atoms with Gasteiger partial charge in [0.25, 0.3) is 11.8 Å². The summed E-state index contributed by atoms with van der Waals surface area (Å²) in [4.78, 5) is 32.2. The lowest BCUT2D eigenvalue weighted by Gasteiger charge is -2.18. The van der Waals surface area contributed by atoms with Crippen LogP contribution in [0.1, 0.15) is 50.4 Å². The van der Waals surface area contributed by atoms with Crippen molar-refractivity contribution in [1.82, 2.24) is 14.3 Å². The molecule has 3 heterocycles. The fourth-order valence-electron chi connectivity index (χ4n) is 4.42. The van der Waals surface area contributed by atoms with Crippen LogP contribution in [0.3, 0.4) is 0 Å². The van der Waals surface area contributed by atoms with Crippen LogP contribution in [0.4, 0.5) is 5.69 Å². The molecule has 1 N–H and O–H groups in total. The Morgan fingerprint density at radius 1 is 1.00 bits per heavy atom. The highest BCUT2D eigenvalue weighted by Crippen LogP contribution is 2.23. The summed E-state index contributed by atoms with van der Waals surface area (Å²) in [5.41, 5.74) is 5.42. The number of pyridine rings is 1. The monoisotopic (exact) mass is 468 g/mol. The van der Waals surface area contributed by atoms with Crippen molar-refractivity contribution in [1.29, 1.82) is 0 Å². The number of rotatable bonds is 6. The number of likely N-dealkylation sites (tertiary alicyclic amines) is 1. The average Bonchev–Trinajstić information content (AvgIpc) is 3.55. The Hall–Kier alpha value is -4.13. The van der Waals surface area contributed by atoms with Gasteiger partial charge in [-0.2, -0.15) is 0 Å². The minimum Gasteiger partial charge on any atom is -0.487 e. The van der Waals surface area contributed by atoms with Crippen LogP contribution < -0.4 is 10.1 Å². The molecule has 1 saturated heterocycles. The number of carbonyl (C=O) groups is 2. The fourth-order valence-corrected chi connectivity index (χ4v) is 4.42. The molecule has 2 aromatic carbocycles. The number of aromatic nitrogens is 2. The van der Waals surface area contributed by atoms with Crippen LogP contribution in [0.2, 0.25) is 0 Å². The zero-order chi connectivity index (χ0) is 24.4. The smallest absolute Gasteiger partial charge is 0.255 e. The molecule has 0 unspecified atom stereocenters. The molecule has 0 saturated carbocycles. The van der Waals surface area contributed by atoms with Gasteiger partial charge in [-0.25, -0.2) is 4.98 Å². The number of amides is 2. The minimum absolute atomic E-state index is 0.0263. The Bertz CT molecular complexity index is 1390. The number of carbonyl (C=O) groups excluding carboxylic acids is 2. The molecule has 2 amide bonds. The van der Waals surface area contributed by atoms with Crippen LogP contribution in [0.15, 0.2) is 67.0 Å². The summed E-state index contributed by atoms with van der Waals surface area (Å²) < 4.78 is 7.86. The van der Waals surface area contributed by atoms with E-state index in [2.05, 4.69) is 10.3 Å². The first-order valence-corrected chi connectivity index (χ1v) is 11.9. The summed E-state index contributed by atoms with van der Waals surface area (Å²) in [5.74, 6) is 0.448. The first-order chi connectivity index (χ1) is 17.0. The second-order valence-electron chi connectivity index (χ2n) is 8.90. The van der Waals surface area contributed by atoms with Crippen molar-refractivity contribution in [2.24, 2.45) is 0 Å². The third-order valence-corrected chi connectivity index (χ3v) is 6.44. The first-order valence-electron chi connectivity index (χ1n) is 11.9. The van der Waals surface area contributed by atoms with Crippen molar-refractivity contribution in [3.63, 3.8) is 0 Å². The van der Waals surface area contributed by atoms with E-state index in [1.807, 2.05) is 65.9 Å². The van der Waals surface area contributed by atoms with Gasteiger partial charge in [0.2, 0.25) is 0 Å². The lowest BCUT2D eigenvalue weighted by Crippen LogP contribution is -2.28. The number of ether oxygens (including phenoxy) is 1. The van der Waals surface area contributed by atoms with Gasteiger partial charge >= 0.3 is 0 Å². The van der Waals surface area contributed by atoms with Crippen LogP contribution >= 0.6 is 0 Å². The summed E-state index contributed by atoms with van der Waals surface area (Å²) in [6.45, 7) is 5.82. The van der Waals surface area contributed by atoms with Crippen LogP contribution in [0.25, 0.3) is 5.65 Å². The molecule has 7 heteroatoms. The summed E-state index contributed by atoms with van der Waals surface area (Å²) in [5, 5.41) is 2.95. The highest BCUT2D eigenvalue weighted by atomic mass is 16.5. The molecule has 1 aliphatic rings. The predicted molar refractivity (Wildman–Crippen MR) is 135 cm³/mol. The molecular formula is C28H28N4O3. The Morgan fingerprint density at radius 3 is 2.51 bits per heavy atom. The molecule has 35 heavy (non-hydrogen) atoms. The molecule has 5 rings (SSSR count). The Labute approximate surface area is 204 Å². The summed E-state index contributed by atoms with van der Waals surface area (Å²) in [7, 11) is 0. The lowest BCUT2D eigenvalue weighted by molar-refractivity contribution is 0.0791. The zero-order valence-electron chi connectivity index (χ0n) is 20.0. The van der Waals surface area contributed by atoms with Crippen LogP contribution in [-0.4, -0.2) is 39.2 Å². The van der Waals surface area contributed by atoms with Gasteiger partial charge in [0, 0.05) is 42.3 Å². The second kappa shape index (κ2) is 9.62. The zero-order valence-corrected chi connectivity index (χ0v) is 20.0. The molecule has 7 nitrogen and oxygen atoms in total. The maximum atomic E-state index is 12.9. The number of nitrogens with zero attached hydrogens (tertiary/aromatic N) is 3. The molecule has 0 atom stereocenters. The number of imidazole rings is 1. The van der Waals surface area contributed by atoms with Gasteiger partial charge in [-0.1, -0.05) is 12.1 Å². The first kappa shape index (κ1) is 22.7. The molecule has 2 aromatic heterocycles. The third kappa shape index (κ3) is 4.75. The Kier molecular flexibility index (Phi) is 6.23. The van der Waals surface area contributed by atoms with Gasteiger partial charge in [0.15, 0.2) is 0 Å². The molecule has 1 fully saturated rings. The van der Waals surface area contributed by atoms with E-state index in [9.17, 15) is 9.59 Å². The van der Waals surface area contributed by atoms with Crippen LogP contribution in [0.5, 0.6) is 5.75 Å². The number of aryl methyl sites for hydroxylation is 1. The van der Waals surface area contributed by atoms with E-state index < -0.39 is 0 Å². The normalized spacial score (nSPS) is 13.3. The number of fused-ring (bicyclic) bond motifs is 1. The van der Waals surface area contributed by atoms with Crippen molar-refractivity contribution >= 4 is 23.1 Å². The largest absolute Gasteiger partial charge is 0.487 e. The second-order valence-corrected chi connectivity index (χ2v) is 8.90. The van der Waals surface area contributed by atoms with Crippen molar-refractivity contribution in [2.45, 2.75) is 33.3 Å². The summed E-state index contributed by atoms with van der Waals surface area (Å²) >= 11 is 0. The van der Waals surface area contributed by atoms with Gasteiger partial charge in [-0.05, 0) is 80.3 Å². The molecule has 0 bridgehead atoms. The number of nitrogens with one attached hydrogen (secondary N) is 1. The van der Waals surface area contributed by atoms with E-state index in [0.717, 1.165) is 48.4 Å². The summed E-state index contributed by atoms with van der Waals surface area (Å²) in [6, 6.07) is 16.5. The van der Waals surface area contributed by atoms with E-state index in [1.165, 1.54) is 0 Å². The van der Waals surface area contributed by atoms with Gasteiger partial charge in [-0.3, -0.25) is 9.59 Å².